The Balaban J connectivity index is 1.37. The van der Waals surface area contributed by atoms with Gasteiger partial charge in [0.1, 0.15) is 5.75 Å². The highest BCUT2D eigenvalue weighted by atomic mass is 16.5. The minimum atomic E-state index is -0.230. The van der Waals surface area contributed by atoms with E-state index in [4.69, 9.17) is 9.15 Å². The van der Waals surface area contributed by atoms with Gasteiger partial charge in [0.25, 0.3) is 5.91 Å². The molecule has 0 saturated carbocycles. The van der Waals surface area contributed by atoms with Crippen molar-refractivity contribution >= 4 is 11.6 Å². The van der Waals surface area contributed by atoms with Gasteiger partial charge in [-0.05, 0) is 72.9 Å². The third-order valence-electron chi connectivity index (χ3n) is 5.53. The van der Waals surface area contributed by atoms with Crippen molar-refractivity contribution in [3.05, 3.63) is 83.4 Å². The Labute approximate surface area is 200 Å². The van der Waals surface area contributed by atoms with Crippen LogP contribution in [0.3, 0.4) is 0 Å². The summed E-state index contributed by atoms with van der Waals surface area (Å²) in [5.74, 6) is 1.37. The molecule has 4 aromatic rings. The molecule has 0 aliphatic rings. The number of aromatic nitrogens is 2. The monoisotopic (exact) mass is 455 g/mol. The summed E-state index contributed by atoms with van der Waals surface area (Å²) in [6, 6.07) is 21.3. The van der Waals surface area contributed by atoms with Crippen LogP contribution in [0, 0.1) is 13.8 Å². The van der Waals surface area contributed by atoms with Gasteiger partial charge in [-0.25, -0.2) is 0 Å². The number of hydrogen-bond donors (Lipinski definition) is 1. The molecule has 1 amide bonds. The van der Waals surface area contributed by atoms with Crippen molar-refractivity contribution in [1.29, 1.82) is 0 Å². The first-order valence-corrected chi connectivity index (χ1v) is 11.2. The van der Waals surface area contributed by atoms with Gasteiger partial charge in [0.2, 0.25) is 11.8 Å². The first kappa shape index (κ1) is 23.2. The molecule has 0 spiro atoms. The summed E-state index contributed by atoms with van der Waals surface area (Å²) < 4.78 is 11.5. The lowest BCUT2D eigenvalue weighted by molar-refractivity contribution is -0.118. The third-order valence-corrected chi connectivity index (χ3v) is 5.53. The Bertz CT molecular complexity index is 1280. The quantitative estimate of drug-likeness (QED) is 0.367. The van der Waals surface area contributed by atoms with Gasteiger partial charge < -0.3 is 14.5 Å². The second kappa shape index (κ2) is 9.51. The number of nitrogens with one attached hydrogen (secondary N) is 1. The highest BCUT2D eigenvalue weighted by Crippen LogP contribution is 2.28. The third kappa shape index (κ3) is 5.52. The van der Waals surface area contributed by atoms with Gasteiger partial charge in [-0.1, -0.05) is 50.6 Å². The first-order valence-electron chi connectivity index (χ1n) is 11.2. The lowest BCUT2D eigenvalue weighted by Crippen LogP contribution is -2.20. The molecule has 0 aliphatic heterocycles. The van der Waals surface area contributed by atoms with Gasteiger partial charge in [0.15, 0.2) is 6.61 Å². The standard InChI is InChI=1S/C28H29N3O3/c1-18-6-15-24(19(2)16-18)33-17-25(32)29-23-13-9-21(10-14-23)27-31-30-26(34-27)20-7-11-22(12-8-20)28(3,4)5/h6-16H,17H2,1-5H3,(H,29,32). The zero-order valence-electron chi connectivity index (χ0n) is 20.2. The van der Waals surface area contributed by atoms with Gasteiger partial charge in [0.05, 0.1) is 0 Å². The molecule has 174 valence electrons. The van der Waals surface area contributed by atoms with Crippen LogP contribution in [0.1, 0.15) is 37.5 Å². The maximum Gasteiger partial charge on any atom is 0.262 e. The Morgan fingerprint density at radius 2 is 1.47 bits per heavy atom. The molecule has 0 atom stereocenters. The number of carbonyl (C=O) groups is 1. The Kier molecular flexibility index (Phi) is 6.50. The van der Waals surface area contributed by atoms with E-state index in [1.54, 1.807) is 12.1 Å². The summed E-state index contributed by atoms with van der Waals surface area (Å²) in [5, 5.41) is 11.2. The molecule has 0 saturated heterocycles. The van der Waals surface area contributed by atoms with E-state index in [9.17, 15) is 4.79 Å². The van der Waals surface area contributed by atoms with E-state index in [1.807, 2.05) is 56.3 Å². The summed E-state index contributed by atoms with van der Waals surface area (Å²) in [6.07, 6.45) is 0. The zero-order chi connectivity index (χ0) is 24.3. The lowest BCUT2D eigenvalue weighted by atomic mass is 9.87. The smallest absolute Gasteiger partial charge is 0.262 e. The summed E-state index contributed by atoms with van der Waals surface area (Å²) in [4.78, 5) is 12.3. The van der Waals surface area contributed by atoms with Crippen LogP contribution in [-0.2, 0) is 10.2 Å². The van der Waals surface area contributed by atoms with E-state index in [0.29, 0.717) is 23.2 Å². The van der Waals surface area contributed by atoms with Crippen molar-refractivity contribution in [2.45, 2.75) is 40.0 Å². The number of aryl methyl sites for hydroxylation is 2. The van der Waals surface area contributed by atoms with E-state index in [2.05, 4.69) is 48.4 Å². The molecule has 0 unspecified atom stereocenters. The molecule has 4 rings (SSSR count). The van der Waals surface area contributed by atoms with Crippen LogP contribution in [0.15, 0.2) is 71.1 Å². The fourth-order valence-corrected chi connectivity index (χ4v) is 3.57. The molecular weight excluding hydrogens is 426 g/mol. The fraction of sp³-hybridized carbons (Fsp3) is 0.250. The van der Waals surface area contributed by atoms with E-state index in [-0.39, 0.29) is 17.9 Å². The van der Waals surface area contributed by atoms with Gasteiger partial charge in [-0.15, -0.1) is 10.2 Å². The number of ether oxygens (including phenoxy) is 1. The number of amides is 1. The molecule has 1 heterocycles. The second-order valence-electron chi connectivity index (χ2n) is 9.42. The zero-order valence-corrected chi connectivity index (χ0v) is 20.2. The molecule has 0 aliphatic carbocycles. The number of rotatable bonds is 6. The molecule has 0 fully saturated rings. The molecule has 0 radical (unpaired) electrons. The number of nitrogens with zero attached hydrogens (tertiary/aromatic N) is 2. The predicted octanol–water partition coefficient (Wildman–Crippen LogP) is 6.34. The Morgan fingerprint density at radius 3 is 2.03 bits per heavy atom. The van der Waals surface area contributed by atoms with E-state index in [1.165, 1.54) is 5.56 Å². The summed E-state index contributed by atoms with van der Waals surface area (Å²) >= 11 is 0. The molecule has 0 bridgehead atoms. The van der Waals surface area contributed by atoms with Crippen LogP contribution in [0.5, 0.6) is 5.75 Å². The number of carbonyl (C=O) groups excluding carboxylic acids is 1. The number of hydrogen-bond acceptors (Lipinski definition) is 5. The topological polar surface area (TPSA) is 77.2 Å². The van der Waals surface area contributed by atoms with Crippen LogP contribution in [0.2, 0.25) is 0 Å². The normalized spacial score (nSPS) is 11.3. The van der Waals surface area contributed by atoms with Gasteiger partial charge in [-0.2, -0.15) is 0 Å². The van der Waals surface area contributed by atoms with Crippen molar-refractivity contribution in [2.75, 3.05) is 11.9 Å². The lowest BCUT2D eigenvalue weighted by Gasteiger charge is -2.18. The van der Waals surface area contributed by atoms with Crippen LogP contribution in [-0.4, -0.2) is 22.7 Å². The molecule has 34 heavy (non-hydrogen) atoms. The predicted molar refractivity (Wildman–Crippen MR) is 134 cm³/mol. The molecular formula is C28H29N3O3. The fourth-order valence-electron chi connectivity index (χ4n) is 3.57. The van der Waals surface area contributed by atoms with Crippen LogP contribution >= 0.6 is 0 Å². The number of benzene rings is 3. The van der Waals surface area contributed by atoms with E-state index >= 15 is 0 Å². The van der Waals surface area contributed by atoms with Crippen molar-refractivity contribution in [3.63, 3.8) is 0 Å². The summed E-state index contributed by atoms with van der Waals surface area (Å²) in [5.41, 5.74) is 5.79. The molecule has 6 nitrogen and oxygen atoms in total. The minimum Gasteiger partial charge on any atom is -0.483 e. The maximum atomic E-state index is 12.3. The van der Waals surface area contributed by atoms with Crippen molar-refractivity contribution in [1.82, 2.24) is 10.2 Å². The average Bonchev–Trinajstić information content (AvgIpc) is 3.29. The highest BCUT2D eigenvalue weighted by molar-refractivity contribution is 5.92. The molecule has 6 heteroatoms. The van der Waals surface area contributed by atoms with Crippen molar-refractivity contribution in [2.24, 2.45) is 0 Å². The van der Waals surface area contributed by atoms with Crippen LogP contribution < -0.4 is 10.1 Å². The maximum absolute atomic E-state index is 12.3. The van der Waals surface area contributed by atoms with E-state index in [0.717, 1.165) is 22.3 Å². The van der Waals surface area contributed by atoms with E-state index < -0.39 is 0 Å². The first-order chi connectivity index (χ1) is 16.2. The average molecular weight is 456 g/mol. The van der Waals surface area contributed by atoms with Crippen LogP contribution in [0.25, 0.3) is 22.9 Å². The molecule has 1 aromatic heterocycles. The van der Waals surface area contributed by atoms with Crippen molar-refractivity contribution < 1.29 is 13.9 Å². The van der Waals surface area contributed by atoms with Crippen LogP contribution in [0.4, 0.5) is 5.69 Å². The minimum absolute atomic E-state index is 0.0628. The Morgan fingerprint density at radius 1 is 0.882 bits per heavy atom. The summed E-state index contributed by atoms with van der Waals surface area (Å²) in [6.45, 7) is 10.5. The van der Waals surface area contributed by atoms with Gasteiger partial charge in [0, 0.05) is 16.8 Å². The molecule has 1 N–H and O–H groups in total. The SMILES string of the molecule is Cc1ccc(OCC(=O)Nc2ccc(-c3nnc(-c4ccc(C(C)(C)C)cc4)o3)cc2)c(C)c1. The second-order valence-corrected chi connectivity index (χ2v) is 9.42. The molecule has 3 aromatic carbocycles. The number of anilines is 1. The summed E-state index contributed by atoms with van der Waals surface area (Å²) in [7, 11) is 0. The largest absolute Gasteiger partial charge is 0.483 e. The highest BCUT2D eigenvalue weighted by Gasteiger charge is 2.15. The van der Waals surface area contributed by atoms with Gasteiger partial charge in [-0.3, -0.25) is 4.79 Å². The van der Waals surface area contributed by atoms with Crippen molar-refractivity contribution in [3.8, 4) is 28.7 Å². The van der Waals surface area contributed by atoms with Gasteiger partial charge >= 0.3 is 0 Å². The Hall–Kier alpha value is -3.93.